The third-order valence-corrected chi connectivity index (χ3v) is 14.3. The Morgan fingerprint density at radius 1 is 0.524 bits per heavy atom. The molecule has 20 nitrogen and oxygen atoms in total. The van der Waals surface area contributed by atoms with Crippen molar-refractivity contribution in [3.8, 4) is 23.6 Å². The molecule has 0 bridgehead atoms. The fourth-order valence-electron chi connectivity index (χ4n) is 11.1. The number of carbonyl (C=O) groups is 6. The third kappa shape index (κ3) is 12.4. The van der Waals surface area contributed by atoms with Gasteiger partial charge in [0.15, 0.2) is 0 Å². The Hall–Kier alpha value is -8.78. The lowest BCUT2D eigenvalue weighted by Crippen LogP contribution is -2.36. The van der Waals surface area contributed by atoms with Crippen LogP contribution in [0.1, 0.15) is 166 Å². The highest BCUT2D eigenvalue weighted by atomic mass is 16.6. The van der Waals surface area contributed by atoms with E-state index in [1.165, 1.54) is 9.13 Å². The first kappa shape index (κ1) is 62.8. The van der Waals surface area contributed by atoms with Gasteiger partial charge in [-0.25, -0.2) is 38.3 Å². The molecule has 2 aliphatic rings. The average molecular weight is 1150 g/mol. The Morgan fingerprint density at radius 2 is 0.893 bits per heavy atom. The second-order valence-corrected chi connectivity index (χ2v) is 25.5. The molecule has 6 aromatic rings. The summed E-state index contributed by atoms with van der Waals surface area (Å²) in [5.41, 5.74) is 2.90. The van der Waals surface area contributed by atoms with Crippen molar-refractivity contribution >= 4 is 70.4 Å². The number of rotatable bonds is 10. The van der Waals surface area contributed by atoms with Crippen LogP contribution in [0, 0.1) is 36.5 Å². The van der Waals surface area contributed by atoms with E-state index in [0.29, 0.717) is 93.1 Å². The number of methoxy groups -OCH3 is 2. The number of aryl methyl sites for hydroxylation is 2. The minimum absolute atomic E-state index is 0.0531. The summed E-state index contributed by atoms with van der Waals surface area (Å²) in [6, 6.07) is 17.6. The summed E-state index contributed by atoms with van der Waals surface area (Å²) < 4.78 is 37.5. The van der Waals surface area contributed by atoms with Crippen molar-refractivity contribution in [3.05, 3.63) is 105 Å². The van der Waals surface area contributed by atoms with Crippen LogP contribution in [0.15, 0.2) is 48.5 Å². The highest BCUT2D eigenvalue weighted by molar-refractivity contribution is 5.95. The van der Waals surface area contributed by atoms with Gasteiger partial charge in [0.2, 0.25) is 0 Å². The van der Waals surface area contributed by atoms with E-state index >= 15 is 0 Å². The van der Waals surface area contributed by atoms with Gasteiger partial charge >= 0.3 is 24.4 Å². The topological polar surface area (TPSA) is 247 Å². The van der Waals surface area contributed by atoms with Gasteiger partial charge in [0.1, 0.15) is 58.1 Å². The van der Waals surface area contributed by atoms with Crippen LogP contribution >= 0.6 is 0 Å². The number of amides is 2. The molecule has 2 amide bonds. The highest BCUT2D eigenvalue weighted by Crippen LogP contribution is 2.51. The molecule has 2 unspecified atom stereocenters. The Morgan fingerprint density at radius 3 is 1.27 bits per heavy atom. The standard InChI is InChI=1S/2C32H38N4O6/c1-19-16-24(40-9)25(21-12-14-35(26(19)21)28(38)41-30(2,3)4)32(8,13-15-37)27-34-22-17-20(18-33)10-11-23(22)36(27)29(39)42-31(5,6)7;1-19-16-24(40-9)25(21-12-14-35(26(19)21)28(38)41-30(2,3)4)32(8,13-15-37)27-34-22-11-10-20(18-33)17-23(22)36(27)29(39)42-31(5,6)7/h2*10-11,15-17H,12-14H2,1-9H3. The molecular weight excluding hydrogens is 1070 g/mol. The Labute approximate surface area is 490 Å². The van der Waals surface area contributed by atoms with Gasteiger partial charge in [0.05, 0.1) is 81.8 Å². The first-order valence-electron chi connectivity index (χ1n) is 27.7. The molecule has 2 atom stereocenters. The van der Waals surface area contributed by atoms with Crippen molar-refractivity contribution in [3.63, 3.8) is 0 Å². The van der Waals surface area contributed by atoms with Gasteiger partial charge in [-0.3, -0.25) is 9.80 Å². The van der Waals surface area contributed by atoms with Crippen LogP contribution in [-0.4, -0.2) is 106 Å². The Bertz CT molecular complexity index is 3600. The molecule has 84 heavy (non-hydrogen) atoms. The average Bonchev–Trinajstić information content (AvgIpc) is 1.58. The number of aromatic nitrogens is 4. The van der Waals surface area contributed by atoms with Gasteiger partial charge < -0.3 is 38.0 Å². The Kier molecular flexibility index (Phi) is 17.3. The fourth-order valence-corrected chi connectivity index (χ4v) is 11.1. The van der Waals surface area contributed by atoms with E-state index in [2.05, 4.69) is 12.1 Å². The summed E-state index contributed by atoms with van der Waals surface area (Å²) in [6.45, 7) is 29.7. The Balaban J connectivity index is 0.000000241. The number of carbonyl (C=O) groups excluding carboxylic acids is 6. The number of imidazole rings is 2. The van der Waals surface area contributed by atoms with Crippen molar-refractivity contribution in [1.82, 2.24) is 19.1 Å². The summed E-state index contributed by atoms with van der Waals surface area (Å²) in [6.07, 6.45) is 0.113. The van der Waals surface area contributed by atoms with Crippen molar-refractivity contribution in [2.45, 2.75) is 170 Å². The molecule has 4 heterocycles. The molecule has 444 valence electrons. The number of nitriles is 2. The van der Waals surface area contributed by atoms with Gasteiger partial charge in [-0.1, -0.05) is 0 Å². The maximum atomic E-state index is 13.8. The summed E-state index contributed by atoms with van der Waals surface area (Å²) in [7, 11) is 3.09. The quantitative estimate of drug-likeness (QED) is 0.0913. The van der Waals surface area contributed by atoms with E-state index in [0.717, 1.165) is 34.8 Å². The second-order valence-electron chi connectivity index (χ2n) is 25.5. The fraction of sp³-hybridized carbons (Fsp3) is 0.469. The number of anilines is 2. The van der Waals surface area contributed by atoms with Gasteiger partial charge in [-0.05, 0) is 194 Å². The lowest BCUT2D eigenvalue weighted by molar-refractivity contribution is -0.109. The van der Waals surface area contributed by atoms with E-state index in [-0.39, 0.29) is 24.5 Å². The second kappa shape index (κ2) is 23.1. The monoisotopic (exact) mass is 1150 g/mol. The SMILES string of the molecule is COc1cc(C)c2c(c1C(C)(CC=O)c1nc3cc(C#N)ccc3n1C(=O)OC(C)(C)C)CCN2C(=O)OC(C)(C)C.COc1cc(C)c2c(c1C(C)(CC=O)c1nc3ccc(C#N)cc3n1C(=O)OC(C)(C)C)CCN2C(=O)OC(C)(C)C. The van der Waals surface area contributed by atoms with Crippen LogP contribution in [0.5, 0.6) is 11.5 Å². The maximum absolute atomic E-state index is 13.8. The number of benzene rings is 4. The molecule has 0 saturated carbocycles. The van der Waals surface area contributed by atoms with Crippen LogP contribution in [0.25, 0.3) is 22.1 Å². The molecule has 0 spiro atoms. The number of ether oxygens (including phenoxy) is 6. The minimum atomic E-state index is -1.20. The van der Waals surface area contributed by atoms with Crippen molar-refractivity contribution < 1.29 is 57.2 Å². The van der Waals surface area contributed by atoms with Crippen LogP contribution < -0.4 is 19.3 Å². The number of hydrogen-bond acceptors (Lipinski definition) is 16. The largest absolute Gasteiger partial charge is 0.496 e. The lowest BCUT2D eigenvalue weighted by atomic mass is 9.75. The number of fused-ring (bicyclic) bond motifs is 4. The van der Waals surface area contributed by atoms with E-state index in [4.69, 9.17) is 38.4 Å². The summed E-state index contributed by atoms with van der Waals surface area (Å²) in [4.78, 5) is 91.7. The molecule has 0 fully saturated rings. The van der Waals surface area contributed by atoms with E-state index in [1.54, 1.807) is 102 Å². The van der Waals surface area contributed by atoms with E-state index < -0.39 is 57.6 Å². The first-order valence-corrected chi connectivity index (χ1v) is 27.7. The van der Waals surface area contributed by atoms with Crippen LogP contribution in [0.3, 0.4) is 0 Å². The summed E-state index contributed by atoms with van der Waals surface area (Å²) >= 11 is 0. The van der Waals surface area contributed by atoms with Crippen LogP contribution in [0.2, 0.25) is 0 Å². The van der Waals surface area contributed by atoms with E-state index in [1.807, 2.05) is 81.4 Å². The lowest BCUT2D eigenvalue weighted by Gasteiger charge is -2.33. The predicted molar refractivity (Wildman–Crippen MR) is 316 cm³/mol. The van der Waals surface area contributed by atoms with Gasteiger partial charge in [-0.15, -0.1) is 0 Å². The zero-order valence-corrected chi connectivity index (χ0v) is 51.5. The summed E-state index contributed by atoms with van der Waals surface area (Å²) in [5, 5.41) is 19.1. The molecule has 4 aromatic carbocycles. The number of hydrogen-bond donors (Lipinski definition) is 0. The smallest absolute Gasteiger partial charge is 0.420 e. The maximum Gasteiger partial charge on any atom is 0.420 e. The van der Waals surface area contributed by atoms with E-state index in [9.17, 15) is 39.3 Å². The molecule has 20 heteroatoms. The zero-order valence-electron chi connectivity index (χ0n) is 51.5. The predicted octanol–water partition coefficient (Wildman–Crippen LogP) is 12.4. The molecule has 0 radical (unpaired) electrons. The minimum Gasteiger partial charge on any atom is -0.496 e. The summed E-state index contributed by atoms with van der Waals surface area (Å²) in [5.74, 6) is 1.52. The van der Waals surface area contributed by atoms with Crippen LogP contribution in [-0.2, 0) is 52.2 Å². The number of nitrogens with zero attached hydrogens (tertiary/aromatic N) is 8. The molecule has 8 rings (SSSR count). The molecule has 0 aliphatic carbocycles. The van der Waals surface area contributed by atoms with Crippen LogP contribution in [0.4, 0.5) is 30.6 Å². The van der Waals surface area contributed by atoms with Crippen molar-refractivity contribution in [2.75, 3.05) is 37.1 Å². The molecular formula is C64H76N8O12. The molecule has 0 N–H and O–H groups in total. The first-order chi connectivity index (χ1) is 39.1. The van der Waals surface area contributed by atoms with Gasteiger partial charge in [-0.2, -0.15) is 10.5 Å². The number of aldehydes is 2. The van der Waals surface area contributed by atoms with Crippen molar-refractivity contribution in [2.24, 2.45) is 0 Å². The molecule has 2 aliphatic heterocycles. The van der Waals surface area contributed by atoms with Crippen molar-refractivity contribution in [1.29, 1.82) is 10.5 Å². The third-order valence-electron chi connectivity index (χ3n) is 14.3. The molecule has 0 saturated heterocycles. The normalized spacial score (nSPS) is 14.6. The van der Waals surface area contributed by atoms with Gasteiger partial charge in [0, 0.05) is 37.1 Å². The van der Waals surface area contributed by atoms with Gasteiger partial charge in [0.25, 0.3) is 0 Å². The zero-order chi connectivity index (χ0) is 62.4. The molecule has 2 aromatic heterocycles. The highest BCUT2D eigenvalue weighted by Gasteiger charge is 2.47.